The first-order chi connectivity index (χ1) is 15.6. The van der Waals surface area contributed by atoms with Crippen molar-refractivity contribution in [3.05, 3.63) is 59.0 Å². The average molecular weight is 460 g/mol. The second kappa shape index (κ2) is 10.6. The van der Waals surface area contributed by atoms with Gasteiger partial charge < -0.3 is 4.90 Å². The van der Waals surface area contributed by atoms with Crippen LogP contribution in [0.15, 0.2) is 30.3 Å². The Hall–Kier alpha value is -3.16. The van der Waals surface area contributed by atoms with Crippen LogP contribution in [0.5, 0.6) is 0 Å². The van der Waals surface area contributed by atoms with Gasteiger partial charge in [-0.2, -0.15) is 4.98 Å². The molecule has 0 amide bonds. The summed E-state index contributed by atoms with van der Waals surface area (Å²) in [6.45, 7) is 12.4. The summed E-state index contributed by atoms with van der Waals surface area (Å²) in [5, 5.41) is 15.3. The summed E-state index contributed by atoms with van der Waals surface area (Å²) in [4.78, 5) is 5.56. The van der Waals surface area contributed by atoms with Gasteiger partial charge >= 0.3 is 0 Å². The highest BCUT2D eigenvalue weighted by Crippen LogP contribution is 2.43. The van der Waals surface area contributed by atoms with Gasteiger partial charge in [0.25, 0.3) is 0 Å². The number of aromatic nitrogens is 2. The van der Waals surface area contributed by atoms with Crippen molar-refractivity contribution in [2.24, 2.45) is 5.41 Å². The van der Waals surface area contributed by atoms with Crippen LogP contribution in [0.25, 0.3) is 10.9 Å². The Balaban J connectivity index is 0.000000477. The molecule has 2 aromatic carbocycles. The van der Waals surface area contributed by atoms with Crippen LogP contribution in [0.1, 0.15) is 53.0 Å². The van der Waals surface area contributed by atoms with Crippen molar-refractivity contribution in [1.29, 1.82) is 10.8 Å². The topological polar surface area (TPSA) is 68.8 Å². The number of hydrogen-bond donors (Lipinski definition) is 2. The molecule has 0 bridgehead atoms. The molecule has 0 spiro atoms. The molecule has 0 unspecified atom stereocenters. The number of anilines is 2. The predicted octanol–water partition coefficient (Wildman–Crippen LogP) is 6.69. The van der Waals surface area contributed by atoms with Crippen LogP contribution in [-0.2, 0) is 0 Å². The van der Waals surface area contributed by atoms with E-state index in [2.05, 4.69) is 18.8 Å². The molecule has 1 aliphatic carbocycles. The van der Waals surface area contributed by atoms with Gasteiger partial charge in [-0.1, -0.05) is 27.7 Å². The molecule has 3 aromatic rings. The van der Waals surface area contributed by atoms with Crippen molar-refractivity contribution < 1.29 is 13.2 Å². The highest BCUT2D eigenvalue weighted by Gasteiger charge is 2.30. The zero-order chi connectivity index (χ0) is 24.9. The summed E-state index contributed by atoms with van der Waals surface area (Å²) in [6.07, 6.45) is 3.71. The fourth-order valence-electron chi connectivity index (χ4n) is 3.18. The molecular weight excluding hydrogens is 427 g/mol. The molecular formula is C25H32F3N5. The lowest BCUT2D eigenvalue weighted by Gasteiger charge is -2.25. The van der Waals surface area contributed by atoms with E-state index in [4.69, 9.17) is 10.8 Å². The summed E-state index contributed by atoms with van der Waals surface area (Å²) in [7, 11) is 0. The fraction of sp³-hybridized carbons (Fsp3) is 0.400. The van der Waals surface area contributed by atoms with Crippen molar-refractivity contribution in [3.63, 3.8) is 0 Å². The summed E-state index contributed by atoms with van der Waals surface area (Å²) >= 11 is 0. The highest BCUT2D eigenvalue weighted by atomic mass is 19.2. The molecule has 1 aromatic heterocycles. The van der Waals surface area contributed by atoms with Crippen molar-refractivity contribution in [3.8, 4) is 0 Å². The summed E-state index contributed by atoms with van der Waals surface area (Å²) in [6, 6.07) is 6.53. The highest BCUT2D eigenvalue weighted by molar-refractivity contribution is 5.94. The van der Waals surface area contributed by atoms with Crippen LogP contribution >= 0.6 is 0 Å². The van der Waals surface area contributed by atoms with Gasteiger partial charge in [-0.05, 0) is 68.0 Å². The Bertz CT molecular complexity index is 1170. The van der Waals surface area contributed by atoms with Gasteiger partial charge in [0.2, 0.25) is 5.62 Å². The largest absolute Gasteiger partial charge is 0.326 e. The zero-order valence-electron chi connectivity index (χ0n) is 20.1. The SMILES string of the molecule is CC.CC1(C)CC1.CCN(c1cc(C)cc(F)c1)c1nc(=N)n(C=N)c2ccc(F)c(F)c12. The number of hydrogen-bond acceptors (Lipinski definition) is 4. The molecule has 1 heterocycles. The maximum Gasteiger partial charge on any atom is 0.229 e. The van der Waals surface area contributed by atoms with E-state index in [0.717, 1.165) is 22.4 Å². The number of nitrogens with zero attached hydrogens (tertiary/aromatic N) is 3. The molecule has 1 aliphatic rings. The number of rotatable bonds is 4. The minimum atomic E-state index is -1.13. The minimum absolute atomic E-state index is 0.00685. The van der Waals surface area contributed by atoms with E-state index < -0.39 is 17.5 Å². The van der Waals surface area contributed by atoms with Crippen LogP contribution in [0.2, 0.25) is 0 Å². The van der Waals surface area contributed by atoms with Crippen molar-refractivity contribution in [2.75, 3.05) is 11.4 Å². The third-order valence-corrected chi connectivity index (χ3v) is 5.29. The smallest absolute Gasteiger partial charge is 0.229 e. The maximum absolute atomic E-state index is 14.6. The van der Waals surface area contributed by atoms with Gasteiger partial charge in [0.1, 0.15) is 11.6 Å². The normalized spacial score (nSPS) is 13.4. The van der Waals surface area contributed by atoms with Crippen LogP contribution in [0.3, 0.4) is 0 Å². The molecule has 0 atom stereocenters. The number of fused-ring (bicyclic) bond motifs is 1. The Kier molecular flexibility index (Phi) is 8.41. The van der Waals surface area contributed by atoms with E-state index in [1.54, 1.807) is 19.9 Å². The van der Waals surface area contributed by atoms with Gasteiger partial charge in [0.15, 0.2) is 11.6 Å². The van der Waals surface area contributed by atoms with Gasteiger partial charge in [0, 0.05) is 12.2 Å². The quantitative estimate of drug-likeness (QED) is 0.337. The molecule has 0 aliphatic heterocycles. The first-order valence-corrected chi connectivity index (χ1v) is 11.1. The molecule has 33 heavy (non-hydrogen) atoms. The van der Waals surface area contributed by atoms with Crippen LogP contribution in [-0.4, -0.2) is 22.4 Å². The standard InChI is InChI=1S/C18H16F3N5.C5H10.C2H6/c1-3-25(12-7-10(2)6-11(19)8-12)17-15-14(5-4-13(20)16(15)21)26(9-22)18(23)24-17;1-5(2)3-4-5;1-2/h4-9,22-23H,3H2,1-2H3;3-4H2,1-2H3;1-2H3. The maximum atomic E-state index is 14.6. The lowest BCUT2D eigenvalue weighted by Crippen LogP contribution is -2.28. The Morgan fingerprint density at radius 2 is 1.73 bits per heavy atom. The molecule has 8 heteroatoms. The predicted molar refractivity (Wildman–Crippen MR) is 128 cm³/mol. The van der Waals surface area contributed by atoms with Gasteiger partial charge in [-0.25, -0.2) is 13.2 Å². The lowest BCUT2D eigenvalue weighted by molar-refractivity contribution is 0.516. The second-order valence-electron chi connectivity index (χ2n) is 8.41. The summed E-state index contributed by atoms with van der Waals surface area (Å²) < 4.78 is 43.4. The number of halogens is 3. The minimum Gasteiger partial charge on any atom is -0.326 e. The molecule has 1 fully saturated rings. The third kappa shape index (κ3) is 6.00. The Labute approximate surface area is 192 Å². The van der Waals surface area contributed by atoms with Crippen LogP contribution < -0.4 is 10.5 Å². The summed E-state index contributed by atoms with van der Waals surface area (Å²) in [5.41, 5.74) is 1.63. The van der Waals surface area contributed by atoms with Gasteiger partial charge in [-0.15, -0.1) is 0 Å². The Morgan fingerprint density at radius 3 is 2.21 bits per heavy atom. The fourth-order valence-corrected chi connectivity index (χ4v) is 3.18. The second-order valence-corrected chi connectivity index (χ2v) is 8.41. The lowest BCUT2D eigenvalue weighted by atomic mass is 10.1. The first kappa shape index (κ1) is 26.1. The van der Waals surface area contributed by atoms with Gasteiger partial charge in [-0.3, -0.25) is 15.4 Å². The Morgan fingerprint density at radius 1 is 1.12 bits per heavy atom. The van der Waals surface area contributed by atoms with Crippen molar-refractivity contribution >= 4 is 28.7 Å². The summed E-state index contributed by atoms with van der Waals surface area (Å²) in [5.74, 6) is -2.67. The van der Waals surface area contributed by atoms with E-state index in [9.17, 15) is 13.2 Å². The van der Waals surface area contributed by atoms with E-state index in [0.29, 0.717) is 11.3 Å². The average Bonchev–Trinajstić information content (AvgIpc) is 3.46. The van der Waals surface area contributed by atoms with Crippen molar-refractivity contribution in [1.82, 2.24) is 9.55 Å². The van der Waals surface area contributed by atoms with Crippen molar-refractivity contribution in [2.45, 2.75) is 54.4 Å². The molecule has 1 saturated carbocycles. The first-order valence-electron chi connectivity index (χ1n) is 11.1. The molecule has 178 valence electrons. The number of aryl methyl sites for hydroxylation is 1. The monoisotopic (exact) mass is 459 g/mol. The number of benzene rings is 2. The molecule has 0 saturated heterocycles. The zero-order valence-corrected chi connectivity index (χ0v) is 20.1. The third-order valence-electron chi connectivity index (χ3n) is 5.29. The van der Waals surface area contributed by atoms with Gasteiger partial charge in [0.05, 0.1) is 17.2 Å². The van der Waals surface area contributed by atoms with E-state index in [1.807, 2.05) is 13.8 Å². The molecule has 5 nitrogen and oxygen atoms in total. The number of nitrogens with one attached hydrogen (secondary N) is 2. The van der Waals surface area contributed by atoms with Crippen LogP contribution in [0.4, 0.5) is 24.7 Å². The van der Waals surface area contributed by atoms with E-state index >= 15 is 0 Å². The van der Waals surface area contributed by atoms with E-state index in [-0.39, 0.29) is 28.9 Å². The van der Waals surface area contributed by atoms with E-state index in [1.165, 1.54) is 35.9 Å². The van der Waals surface area contributed by atoms with Crippen LogP contribution in [0, 0.1) is 40.6 Å². The molecule has 2 N–H and O–H groups in total. The molecule has 4 rings (SSSR count). The molecule has 0 radical (unpaired) electrons.